The molecule has 2 rings (SSSR count). The van der Waals surface area contributed by atoms with Gasteiger partial charge in [0.25, 0.3) is 0 Å². The number of para-hydroxylation sites is 1. The van der Waals surface area contributed by atoms with Gasteiger partial charge in [0.05, 0.1) is 0 Å². The fourth-order valence-corrected chi connectivity index (χ4v) is 1.02. The van der Waals surface area contributed by atoms with Crippen molar-refractivity contribution >= 4 is 5.69 Å². The molecule has 1 nitrogen and oxygen atoms in total. The van der Waals surface area contributed by atoms with E-state index in [1.807, 2.05) is 30.3 Å². The van der Waals surface area contributed by atoms with Crippen molar-refractivity contribution in [2.45, 2.75) is 0 Å². The molecule has 0 saturated heterocycles. The van der Waals surface area contributed by atoms with Crippen LogP contribution in [0.2, 0.25) is 0 Å². The summed E-state index contributed by atoms with van der Waals surface area (Å²) in [6.45, 7) is 0. The molecule has 2 aromatic carbocycles. The number of benzene rings is 2. The van der Waals surface area contributed by atoms with E-state index in [2.05, 4.69) is 11.4 Å². The minimum Gasteiger partial charge on any atom is -0.315 e. The molecule has 0 aliphatic rings. The van der Waals surface area contributed by atoms with Gasteiger partial charge in [-0.25, -0.2) is 4.39 Å². The Morgan fingerprint density at radius 3 is 1.75 bits per heavy atom. The van der Waals surface area contributed by atoms with Gasteiger partial charge in [-0.1, -0.05) is 42.8 Å². The molecular formula is C14H12FN. The molecule has 0 radical (unpaired) electrons. The summed E-state index contributed by atoms with van der Waals surface area (Å²) in [6.07, 6.45) is 5.00. The van der Waals surface area contributed by atoms with Gasteiger partial charge >= 0.3 is 0 Å². The highest BCUT2D eigenvalue weighted by molar-refractivity contribution is 5.46. The Morgan fingerprint density at radius 1 is 0.875 bits per heavy atom. The largest absolute Gasteiger partial charge is 0.315 e. The predicted octanol–water partition coefficient (Wildman–Crippen LogP) is 3.51. The van der Waals surface area contributed by atoms with E-state index in [0.717, 1.165) is 5.69 Å². The lowest BCUT2D eigenvalue weighted by Crippen LogP contribution is -1.83. The average molecular weight is 213 g/mol. The third kappa shape index (κ3) is 4.83. The topological polar surface area (TPSA) is 12.0 Å². The Labute approximate surface area is 94.9 Å². The zero-order chi connectivity index (χ0) is 11.6. The highest BCUT2D eigenvalue weighted by atomic mass is 19.1. The van der Waals surface area contributed by atoms with Crippen molar-refractivity contribution in [2.75, 3.05) is 5.32 Å². The molecule has 0 heterocycles. The minimum absolute atomic E-state index is 0.178. The highest BCUT2D eigenvalue weighted by Crippen LogP contribution is 2.02. The first-order valence-electron chi connectivity index (χ1n) is 4.80. The quantitative estimate of drug-likeness (QED) is 0.564. The third-order valence-electron chi connectivity index (χ3n) is 1.72. The number of hydrogen-bond acceptors (Lipinski definition) is 1. The molecule has 0 spiro atoms. The van der Waals surface area contributed by atoms with Gasteiger partial charge in [-0.15, -0.1) is 0 Å². The fourth-order valence-electron chi connectivity index (χ4n) is 1.02. The van der Waals surface area contributed by atoms with E-state index in [1.165, 1.54) is 12.1 Å². The SMILES string of the molecule is C#CNc1ccccc1.Fc1ccccc1. The Morgan fingerprint density at radius 2 is 1.38 bits per heavy atom. The second-order valence-electron chi connectivity index (χ2n) is 2.93. The molecule has 0 unspecified atom stereocenters. The van der Waals surface area contributed by atoms with Crippen LogP contribution in [0.5, 0.6) is 0 Å². The van der Waals surface area contributed by atoms with Gasteiger partial charge in [-0.3, -0.25) is 0 Å². The maximum Gasteiger partial charge on any atom is 0.123 e. The monoisotopic (exact) mass is 213 g/mol. The minimum atomic E-state index is -0.178. The molecule has 0 aromatic heterocycles. The molecule has 0 fully saturated rings. The molecule has 0 aliphatic carbocycles. The molecule has 16 heavy (non-hydrogen) atoms. The molecule has 0 atom stereocenters. The third-order valence-corrected chi connectivity index (χ3v) is 1.72. The van der Waals surface area contributed by atoms with Crippen molar-refractivity contribution in [3.05, 3.63) is 66.5 Å². The maximum atomic E-state index is 11.9. The molecule has 2 heteroatoms. The van der Waals surface area contributed by atoms with E-state index >= 15 is 0 Å². The Hall–Kier alpha value is -2.27. The smallest absolute Gasteiger partial charge is 0.123 e. The van der Waals surface area contributed by atoms with Gasteiger partial charge < -0.3 is 5.32 Å². The summed E-state index contributed by atoms with van der Waals surface area (Å²) in [6, 6.07) is 19.9. The molecule has 0 amide bonds. The molecule has 80 valence electrons. The first-order valence-corrected chi connectivity index (χ1v) is 4.80. The van der Waals surface area contributed by atoms with Crippen LogP contribution < -0.4 is 5.32 Å². The van der Waals surface area contributed by atoms with Gasteiger partial charge in [0.15, 0.2) is 0 Å². The number of terminal acetylenes is 1. The standard InChI is InChI=1S/C8H7N.C6H5F/c1-2-9-8-6-4-3-5-7-8;7-6-4-2-1-3-5-6/h1,3-7,9H;1-5H. The van der Waals surface area contributed by atoms with E-state index in [1.54, 1.807) is 18.2 Å². The first kappa shape index (κ1) is 11.8. The zero-order valence-corrected chi connectivity index (χ0v) is 8.73. The number of hydrogen-bond donors (Lipinski definition) is 1. The molecule has 0 saturated carbocycles. The van der Waals surface area contributed by atoms with Crippen molar-refractivity contribution in [3.63, 3.8) is 0 Å². The number of halogens is 1. The normalized spacial score (nSPS) is 8.25. The van der Waals surface area contributed by atoms with Crippen molar-refractivity contribution in [2.24, 2.45) is 0 Å². The summed E-state index contributed by atoms with van der Waals surface area (Å²) in [4.78, 5) is 0. The summed E-state index contributed by atoms with van der Waals surface area (Å²) in [5.41, 5.74) is 0.958. The highest BCUT2D eigenvalue weighted by Gasteiger charge is 1.80. The lowest BCUT2D eigenvalue weighted by molar-refractivity contribution is 0.628. The van der Waals surface area contributed by atoms with Crippen LogP contribution in [0.3, 0.4) is 0 Å². The van der Waals surface area contributed by atoms with E-state index in [-0.39, 0.29) is 5.82 Å². The molecular weight excluding hydrogens is 201 g/mol. The molecule has 0 aliphatic heterocycles. The Kier molecular flexibility index (Phi) is 5.22. The average Bonchev–Trinajstić information content (AvgIpc) is 2.33. The first-order chi connectivity index (χ1) is 7.83. The van der Waals surface area contributed by atoms with Gasteiger partial charge in [-0.2, -0.15) is 0 Å². The van der Waals surface area contributed by atoms with Gasteiger partial charge in [0, 0.05) is 11.7 Å². The summed E-state index contributed by atoms with van der Waals surface area (Å²) >= 11 is 0. The van der Waals surface area contributed by atoms with E-state index in [9.17, 15) is 4.39 Å². The zero-order valence-electron chi connectivity index (χ0n) is 8.73. The van der Waals surface area contributed by atoms with Crippen molar-refractivity contribution in [3.8, 4) is 12.5 Å². The van der Waals surface area contributed by atoms with Crippen LogP contribution >= 0.6 is 0 Å². The Bertz CT molecular complexity index is 431. The van der Waals surface area contributed by atoms with Crippen LogP contribution in [-0.4, -0.2) is 0 Å². The molecule has 0 bridgehead atoms. The van der Waals surface area contributed by atoms with Crippen molar-refractivity contribution in [1.29, 1.82) is 0 Å². The maximum absolute atomic E-state index is 11.9. The lowest BCUT2D eigenvalue weighted by Gasteiger charge is -1.93. The number of rotatable bonds is 1. The van der Waals surface area contributed by atoms with Crippen molar-refractivity contribution in [1.82, 2.24) is 0 Å². The summed E-state index contributed by atoms with van der Waals surface area (Å²) in [5, 5.41) is 2.74. The van der Waals surface area contributed by atoms with E-state index in [0.29, 0.717) is 0 Å². The van der Waals surface area contributed by atoms with Crippen LogP contribution in [-0.2, 0) is 0 Å². The van der Waals surface area contributed by atoms with Crippen LogP contribution in [0.25, 0.3) is 0 Å². The second kappa shape index (κ2) is 7.08. The second-order valence-corrected chi connectivity index (χ2v) is 2.93. The molecule has 2 aromatic rings. The van der Waals surface area contributed by atoms with E-state index < -0.39 is 0 Å². The Balaban J connectivity index is 0.000000165. The number of nitrogens with one attached hydrogen (secondary N) is 1. The van der Waals surface area contributed by atoms with Gasteiger partial charge in [0.1, 0.15) is 5.82 Å². The van der Waals surface area contributed by atoms with Gasteiger partial charge in [-0.05, 0) is 24.3 Å². The number of anilines is 1. The van der Waals surface area contributed by atoms with Crippen molar-refractivity contribution < 1.29 is 4.39 Å². The fraction of sp³-hybridized carbons (Fsp3) is 0. The summed E-state index contributed by atoms with van der Waals surface area (Å²) in [5.74, 6) is -0.178. The van der Waals surface area contributed by atoms with Gasteiger partial charge in [0.2, 0.25) is 0 Å². The van der Waals surface area contributed by atoms with Crippen LogP contribution in [0.4, 0.5) is 10.1 Å². The summed E-state index contributed by atoms with van der Waals surface area (Å²) in [7, 11) is 0. The van der Waals surface area contributed by atoms with Crippen LogP contribution in [0.15, 0.2) is 60.7 Å². The van der Waals surface area contributed by atoms with E-state index in [4.69, 9.17) is 6.42 Å². The van der Waals surface area contributed by atoms with Crippen LogP contribution in [0, 0.1) is 18.3 Å². The molecule has 1 N–H and O–H groups in total. The summed E-state index contributed by atoms with van der Waals surface area (Å²) < 4.78 is 11.9. The predicted molar refractivity (Wildman–Crippen MR) is 65.3 cm³/mol. The lowest BCUT2D eigenvalue weighted by atomic mass is 10.3. The van der Waals surface area contributed by atoms with Crippen LogP contribution in [0.1, 0.15) is 0 Å².